The summed E-state index contributed by atoms with van der Waals surface area (Å²) in [5, 5.41) is 0. The van der Waals surface area contributed by atoms with E-state index < -0.39 is 0 Å². The molecule has 0 aliphatic carbocycles. The second-order valence-electron chi connectivity index (χ2n) is 3.94. The van der Waals surface area contributed by atoms with E-state index >= 15 is 0 Å². The molecule has 0 bridgehead atoms. The standard InChI is InChI=1S/C12H17ClN2/c1-14-9-10-15(8-4-7-13)12-6-3-2-5-11(12)14/h2-3,5-6H,4,7-10H2,1H3. The monoisotopic (exact) mass is 224 g/mol. The Balaban J connectivity index is 2.20. The maximum Gasteiger partial charge on any atom is 0.0604 e. The fourth-order valence-electron chi connectivity index (χ4n) is 2.05. The Labute approximate surface area is 96.4 Å². The van der Waals surface area contributed by atoms with E-state index in [0.717, 1.165) is 31.9 Å². The van der Waals surface area contributed by atoms with E-state index in [2.05, 4.69) is 41.1 Å². The van der Waals surface area contributed by atoms with Crippen molar-refractivity contribution in [3.63, 3.8) is 0 Å². The van der Waals surface area contributed by atoms with Gasteiger partial charge in [-0.2, -0.15) is 0 Å². The number of fused-ring (bicyclic) bond motifs is 1. The molecule has 1 heterocycles. The smallest absolute Gasteiger partial charge is 0.0604 e. The van der Waals surface area contributed by atoms with Crippen LogP contribution in [0.15, 0.2) is 24.3 Å². The van der Waals surface area contributed by atoms with E-state index in [4.69, 9.17) is 11.6 Å². The molecule has 2 rings (SSSR count). The molecule has 0 saturated heterocycles. The third kappa shape index (κ3) is 2.20. The molecule has 1 aliphatic rings. The molecule has 0 saturated carbocycles. The maximum atomic E-state index is 5.74. The lowest BCUT2D eigenvalue weighted by atomic mass is 10.1. The van der Waals surface area contributed by atoms with E-state index in [1.165, 1.54) is 11.4 Å². The average molecular weight is 225 g/mol. The van der Waals surface area contributed by atoms with Crippen molar-refractivity contribution in [2.75, 3.05) is 42.4 Å². The molecule has 3 heteroatoms. The van der Waals surface area contributed by atoms with Gasteiger partial charge in [0.05, 0.1) is 11.4 Å². The first-order valence-corrected chi connectivity index (χ1v) is 5.97. The van der Waals surface area contributed by atoms with Crippen LogP contribution < -0.4 is 9.80 Å². The first-order chi connectivity index (χ1) is 7.33. The number of hydrogen-bond donors (Lipinski definition) is 0. The van der Waals surface area contributed by atoms with Crippen molar-refractivity contribution in [3.05, 3.63) is 24.3 Å². The highest BCUT2D eigenvalue weighted by atomic mass is 35.5. The highest BCUT2D eigenvalue weighted by Gasteiger charge is 2.18. The molecule has 2 nitrogen and oxygen atoms in total. The van der Waals surface area contributed by atoms with Crippen LogP contribution in [0.3, 0.4) is 0 Å². The van der Waals surface area contributed by atoms with Crippen LogP contribution in [0.2, 0.25) is 0 Å². The molecule has 1 aromatic carbocycles. The van der Waals surface area contributed by atoms with E-state index in [0.29, 0.717) is 0 Å². The van der Waals surface area contributed by atoms with Crippen LogP contribution in [-0.2, 0) is 0 Å². The highest BCUT2D eigenvalue weighted by molar-refractivity contribution is 6.17. The summed E-state index contributed by atoms with van der Waals surface area (Å²) in [5.74, 6) is 0.745. The largest absolute Gasteiger partial charge is 0.371 e. The molecule has 15 heavy (non-hydrogen) atoms. The molecule has 0 spiro atoms. The van der Waals surface area contributed by atoms with Gasteiger partial charge in [0.1, 0.15) is 0 Å². The van der Waals surface area contributed by atoms with E-state index in [1.54, 1.807) is 0 Å². The maximum absolute atomic E-state index is 5.74. The van der Waals surface area contributed by atoms with Gasteiger partial charge in [-0.1, -0.05) is 12.1 Å². The predicted octanol–water partition coefficient (Wildman–Crippen LogP) is 2.57. The molecule has 82 valence electrons. The Hall–Kier alpha value is -0.890. The lowest BCUT2D eigenvalue weighted by Gasteiger charge is -2.36. The van der Waals surface area contributed by atoms with Crippen molar-refractivity contribution >= 4 is 23.0 Å². The number of para-hydroxylation sites is 2. The molecule has 0 N–H and O–H groups in total. The summed E-state index contributed by atoms with van der Waals surface area (Å²) in [7, 11) is 2.15. The first-order valence-electron chi connectivity index (χ1n) is 5.44. The molecular formula is C12H17ClN2. The molecular weight excluding hydrogens is 208 g/mol. The Morgan fingerprint density at radius 2 is 1.93 bits per heavy atom. The molecule has 0 fully saturated rings. The summed E-state index contributed by atoms with van der Waals surface area (Å²) in [6.45, 7) is 3.26. The number of alkyl halides is 1. The van der Waals surface area contributed by atoms with Gasteiger partial charge in [0.15, 0.2) is 0 Å². The van der Waals surface area contributed by atoms with Gasteiger partial charge in [0.2, 0.25) is 0 Å². The number of anilines is 2. The molecule has 0 amide bonds. The number of nitrogens with zero attached hydrogens (tertiary/aromatic N) is 2. The number of halogens is 1. The lowest BCUT2D eigenvalue weighted by Crippen LogP contribution is -2.39. The third-order valence-corrected chi connectivity index (χ3v) is 3.17. The van der Waals surface area contributed by atoms with Crippen molar-refractivity contribution in [2.45, 2.75) is 6.42 Å². The molecule has 1 aromatic rings. The third-order valence-electron chi connectivity index (χ3n) is 2.90. The van der Waals surface area contributed by atoms with Crippen LogP contribution in [-0.4, -0.2) is 32.6 Å². The number of benzene rings is 1. The van der Waals surface area contributed by atoms with Crippen LogP contribution >= 0.6 is 11.6 Å². The van der Waals surface area contributed by atoms with Gasteiger partial charge >= 0.3 is 0 Å². The zero-order valence-corrected chi connectivity index (χ0v) is 9.87. The second kappa shape index (κ2) is 4.75. The zero-order chi connectivity index (χ0) is 10.7. The highest BCUT2D eigenvalue weighted by Crippen LogP contribution is 2.31. The minimum Gasteiger partial charge on any atom is -0.371 e. The molecule has 0 unspecified atom stereocenters. The van der Waals surface area contributed by atoms with Crippen LogP contribution in [0, 0.1) is 0 Å². The van der Waals surface area contributed by atoms with E-state index in [9.17, 15) is 0 Å². The number of rotatable bonds is 3. The van der Waals surface area contributed by atoms with Gasteiger partial charge < -0.3 is 9.80 Å². The van der Waals surface area contributed by atoms with Crippen molar-refractivity contribution < 1.29 is 0 Å². The van der Waals surface area contributed by atoms with E-state index in [1.807, 2.05) is 0 Å². The van der Waals surface area contributed by atoms with Gasteiger partial charge in [0, 0.05) is 32.6 Å². The summed E-state index contributed by atoms with van der Waals surface area (Å²) >= 11 is 5.74. The first kappa shape index (κ1) is 10.6. The molecule has 1 aliphatic heterocycles. The van der Waals surface area contributed by atoms with Crippen LogP contribution in [0.25, 0.3) is 0 Å². The van der Waals surface area contributed by atoms with Gasteiger partial charge in [-0.3, -0.25) is 0 Å². The Bertz CT molecular complexity index is 327. The predicted molar refractivity (Wildman–Crippen MR) is 67.3 cm³/mol. The summed E-state index contributed by atoms with van der Waals surface area (Å²) in [6.07, 6.45) is 1.06. The quantitative estimate of drug-likeness (QED) is 0.729. The van der Waals surface area contributed by atoms with Crippen molar-refractivity contribution in [1.29, 1.82) is 0 Å². The van der Waals surface area contributed by atoms with Gasteiger partial charge in [-0.15, -0.1) is 11.6 Å². The van der Waals surface area contributed by atoms with Crippen molar-refractivity contribution in [2.24, 2.45) is 0 Å². The average Bonchev–Trinajstić information content (AvgIpc) is 2.29. The van der Waals surface area contributed by atoms with Crippen molar-refractivity contribution in [1.82, 2.24) is 0 Å². The SMILES string of the molecule is CN1CCN(CCCCl)c2ccccc21. The topological polar surface area (TPSA) is 6.48 Å². The summed E-state index contributed by atoms with van der Waals surface area (Å²) < 4.78 is 0. The summed E-state index contributed by atoms with van der Waals surface area (Å²) in [5.41, 5.74) is 2.68. The van der Waals surface area contributed by atoms with Crippen LogP contribution in [0.1, 0.15) is 6.42 Å². The molecule has 0 atom stereocenters. The van der Waals surface area contributed by atoms with Crippen molar-refractivity contribution in [3.8, 4) is 0 Å². The minimum absolute atomic E-state index is 0.745. The van der Waals surface area contributed by atoms with Gasteiger partial charge in [0.25, 0.3) is 0 Å². The molecule has 0 radical (unpaired) electrons. The zero-order valence-electron chi connectivity index (χ0n) is 9.12. The minimum atomic E-state index is 0.745. The Morgan fingerprint density at radius 3 is 2.67 bits per heavy atom. The Kier molecular flexibility index (Phi) is 3.37. The fraction of sp³-hybridized carbons (Fsp3) is 0.500. The summed E-state index contributed by atoms with van der Waals surface area (Å²) in [6, 6.07) is 8.58. The number of likely N-dealkylation sites (N-methyl/N-ethyl adjacent to an activating group) is 1. The lowest BCUT2D eigenvalue weighted by molar-refractivity contribution is 0.721. The Morgan fingerprint density at radius 1 is 1.20 bits per heavy atom. The van der Waals surface area contributed by atoms with Gasteiger partial charge in [-0.25, -0.2) is 0 Å². The number of hydrogen-bond acceptors (Lipinski definition) is 2. The normalized spacial score (nSPS) is 15.3. The van der Waals surface area contributed by atoms with Gasteiger partial charge in [-0.05, 0) is 18.6 Å². The van der Waals surface area contributed by atoms with E-state index in [-0.39, 0.29) is 0 Å². The fourth-order valence-corrected chi connectivity index (χ4v) is 2.17. The van der Waals surface area contributed by atoms with Crippen LogP contribution in [0.5, 0.6) is 0 Å². The summed E-state index contributed by atoms with van der Waals surface area (Å²) in [4.78, 5) is 4.74. The second-order valence-corrected chi connectivity index (χ2v) is 4.32. The van der Waals surface area contributed by atoms with Crippen LogP contribution in [0.4, 0.5) is 11.4 Å². The molecule has 0 aromatic heterocycles.